The summed E-state index contributed by atoms with van der Waals surface area (Å²) in [4.78, 5) is 11.9. The van der Waals surface area contributed by atoms with Gasteiger partial charge >= 0.3 is 0 Å². The first-order chi connectivity index (χ1) is 11.0. The summed E-state index contributed by atoms with van der Waals surface area (Å²) in [5, 5.41) is 6.21. The SMILES string of the molecule is Nc1cccc(Cc2cc(-c3cc(F)cc(F)c3)n[nH]c2=O)c1. The molecule has 0 unspecified atom stereocenters. The fourth-order valence-electron chi connectivity index (χ4n) is 2.35. The van der Waals surface area contributed by atoms with Crippen LogP contribution >= 0.6 is 0 Å². The number of nitrogen functional groups attached to an aromatic ring is 1. The van der Waals surface area contributed by atoms with Gasteiger partial charge in [-0.25, -0.2) is 13.9 Å². The number of anilines is 1. The Morgan fingerprint density at radius 2 is 1.78 bits per heavy atom. The first kappa shape index (κ1) is 14.9. The lowest BCUT2D eigenvalue weighted by atomic mass is 10.0. The van der Waals surface area contributed by atoms with E-state index in [2.05, 4.69) is 10.2 Å². The third-order valence-electron chi connectivity index (χ3n) is 3.38. The van der Waals surface area contributed by atoms with Gasteiger partial charge in [0.05, 0.1) is 5.69 Å². The average molecular weight is 313 g/mol. The average Bonchev–Trinajstić information content (AvgIpc) is 2.48. The van der Waals surface area contributed by atoms with Crippen molar-refractivity contribution in [2.45, 2.75) is 6.42 Å². The standard InChI is InChI=1S/C17H13F2N3O/c18-13-6-11(7-14(19)9-13)16-8-12(17(23)22-21-16)4-10-2-1-3-15(20)5-10/h1-3,5-9H,4,20H2,(H,22,23). The summed E-state index contributed by atoms with van der Waals surface area (Å²) < 4.78 is 26.7. The van der Waals surface area contributed by atoms with Crippen LogP contribution in [-0.4, -0.2) is 10.2 Å². The minimum absolute atomic E-state index is 0.257. The Labute approximate surface area is 130 Å². The van der Waals surface area contributed by atoms with Gasteiger partial charge in [0.25, 0.3) is 5.56 Å². The van der Waals surface area contributed by atoms with Gasteiger partial charge in [-0.1, -0.05) is 12.1 Å². The van der Waals surface area contributed by atoms with Gasteiger partial charge in [-0.2, -0.15) is 5.10 Å². The van der Waals surface area contributed by atoms with E-state index in [1.165, 1.54) is 6.07 Å². The highest BCUT2D eigenvalue weighted by Gasteiger charge is 2.09. The number of nitrogens with zero attached hydrogens (tertiary/aromatic N) is 1. The summed E-state index contributed by atoms with van der Waals surface area (Å²) in [5.74, 6) is -1.41. The molecule has 1 aromatic heterocycles. The van der Waals surface area contributed by atoms with Crippen molar-refractivity contribution in [3.8, 4) is 11.3 Å². The number of aromatic nitrogens is 2. The lowest BCUT2D eigenvalue weighted by Crippen LogP contribution is -2.15. The van der Waals surface area contributed by atoms with Gasteiger partial charge in [0.2, 0.25) is 0 Å². The summed E-state index contributed by atoms with van der Waals surface area (Å²) in [6.07, 6.45) is 0.341. The maximum atomic E-state index is 13.3. The van der Waals surface area contributed by atoms with Gasteiger partial charge in [0, 0.05) is 29.3 Å². The summed E-state index contributed by atoms with van der Waals surface area (Å²) in [6, 6.07) is 11.8. The van der Waals surface area contributed by atoms with Crippen LogP contribution in [0.4, 0.5) is 14.5 Å². The number of nitrogens with two attached hydrogens (primary N) is 1. The molecule has 0 aliphatic heterocycles. The molecule has 4 nitrogen and oxygen atoms in total. The highest BCUT2D eigenvalue weighted by molar-refractivity contribution is 5.59. The van der Waals surface area contributed by atoms with Gasteiger partial charge in [-0.05, 0) is 35.9 Å². The lowest BCUT2D eigenvalue weighted by Gasteiger charge is -2.05. The number of rotatable bonds is 3. The molecule has 0 atom stereocenters. The minimum atomic E-state index is -0.703. The van der Waals surface area contributed by atoms with E-state index in [9.17, 15) is 13.6 Å². The Morgan fingerprint density at radius 1 is 1.04 bits per heavy atom. The molecule has 6 heteroatoms. The zero-order valence-electron chi connectivity index (χ0n) is 12.0. The normalized spacial score (nSPS) is 10.7. The van der Waals surface area contributed by atoms with Crippen LogP contribution in [0.5, 0.6) is 0 Å². The van der Waals surface area contributed by atoms with E-state index in [0.717, 1.165) is 23.8 Å². The van der Waals surface area contributed by atoms with Gasteiger partial charge in [0.1, 0.15) is 11.6 Å². The van der Waals surface area contributed by atoms with Crippen molar-refractivity contribution < 1.29 is 8.78 Å². The molecular formula is C17H13F2N3O. The summed E-state index contributed by atoms with van der Waals surface area (Å²) in [7, 11) is 0. The van der Waals surface area contributed by atoms with Crippen LogP contribution in [0.15, 0.2) is 53.3 Å². The van der Waals surface area contributed by atoms with Gasteiger partial charge in [0.15, 0.2) is 0 Å². The van der Waals surface area contributed by atoms with Crippen LogP contribution in [-0.2, 0) is 6.42 Å². The van der Waals surface area contributed by atoms with Crippen molar-refractivity contribution in [1.29, 1.82) is 0 Å². The lowest BCUT2D eigenvalue weighted by molar-refractivity contribution is 0.584. The molecule has 0 radical (unpaired) electrons. The molecule has 3 aromatic rings. The minimum Gasteiger partial charge on any atom is -0.399 e. The predicted molar refractivity (Wildman–Crippen MR) is 83.9 cm³/mol. The molecule has 1 heterocycles. The van der Waals surface area contributed by atoms with Crippen LogP contribution in [0.25, 0.3) is 11.3 Å². The molecule has 116 valence electrons. The quantitative estimate of drug-likeness (QED) is 0.730. The Hall–Kier alpha value is -3.02. The van der Waals surface area contributed by atoms with Gasteiger partial charge in [-0.15, -0.1) is 0 Å². The van der Waals surface area contributed by atoms with Crippen LogP contribution in [0.3, 0.4) is 0 Å². The number of benzene rings is 2. The molecule has 23 heavy (non-hydrogen) atoms. The number of H-pyrrole nitrogens is 1. The number of halogens is 2. The Morgan fingerprint density at radius 3 is 2.48 bits per heavy atom. The number of aromatic amines is 1. The maximum Gasteiger partial charge on any atom is 0.267 e. The topological polar surface area (TPSA) is 71.8 Å². The van der Waals surface area contributed by atoms with E-state index in [4.69, 9.17) is 5.73 Å². The van der Waals surface area contributed by atoms with Crippen LogP contribution in [0, 0.1) is 11.6 Å². The van der Waals surface area contributed by atoms with Crippen molar-refractivity contribution in [3.05, 3.63) is 81.6 Å². The third-order valence-corrected chi connectivity index (χ3v) is 3.38. The first-order valence-electron chi connectivity index (χ1n) is 6.91. The molecule has 0 saturated heterocycles. The monoisotopic (exact) mass is 313 g/mol. The van der Waals surface area contributed by atoms with Crippen molar-refractivity contribution in [3.63, 3.8) is 0 Å². The zero-order valence-corrected chi connectivity index (χ0v) is 12.0. The first-order valence-corrected chi connectivity index (χ1v) is 6.91. The fraction of sp³-hybridized carbons (Fsp3) is 0.0588. The zero-order chi connectivity index (χ0) is 16.4. The van der Waals surface area contributed by atoms with E-state index < -0.39 is 11.6 Å². The second-order valence-electron chi connectivity index (χ2n) is 5.19. The summed E-state index contributed by atoms with van der Waals surface area (Å²) >= 11 is 0. The molecule has 2 aromatic carbocycles. The van der Waals surface area contributed by atoms with Crippen LogP contribution < -0.4 is 11.3 Å². The molecule has 3 rings (SSSR count). The van der Waals surface area contributed by atoms with Crippen molar-refractivity contribution >= 4 is 5.69 Å². The summed E-state index contributed by atoms with van der Waals surface area (Å²) in [6.45, 7) is 0. The Bertz CT molecular complexity index is 901. The number of nitrogens with one attached hydrogen (secondary N) is 1. The number of hydrogen-bond donors (Lipinski definition) is 2. The molecule has 3 N–H and O–H groups in total. The largest absolute Gasteiger partial charge is 0.399 e. The smallest absolute Gasteiger partial charge is 0.267 e. The van der Waals surface area contributed by atoms with Crippen molar-refractivity contribution in [2.24, 2.45) is 0 Å². The predicted octanol–water partition coefficient (Wildman–Crippen LogP) is 2.89. The highest BCUT2D eigenvalue weighted by Crippen LogP contribution is 2.20. The third kappa shape index (κ3) is 3.42. The molecule has 0 aliphatic carbocycles. The van der Waals surface area contributed by atoms with Crippen molar-refractivity contribution in [1.82, 2.24) is 10.2 Å². The van der Waals surface area contributed by atoms with E-state index in [0.29, 0.717) is 23.4 Å². The molecular weight excluding hydrogens is 300 g/mol. The molecule has 0 saturated carbocycles. The molecule has 0 bridgehead atoms. The molecule has 0 aliphatic rings. The molecule has 0 spiro atoms. The Balaban J connectivity index is 2.00. The fourth-order valence-corrected chi connectivity index (χ4v) is 2.35. The maximum absolute atomic E-state index is 13.3. The van der Waals surface area contributed by atoms with E-state index in [1.807, 2.05) is 6.07 Å². The van der Waals surface area contributed by atoms with Crippen molar-refractivity contribution in [2.75, 3.05) is 5.73 Å². The van der Waals surface area contributed by atoms with E-state index in [-0.39, 0.29) is 11.1 Å². The summed E-state index contributed by atoms with van der Waals surface area (Å²) in [5.41, 5.74) is 7.81. The molecule has 0 fully saturated rings. The van der Waals surface area contributed by atoms with E-state index >= 15 is 0 Å². The second-order valence-corrected chi connectivity index (χ2v) is 5.19. The number of hydrogen-bond acceptors (Lipinski definition) is 3. The highest BCUT2D eigenvalue weighted by atomic mass is 19.1. The molecule has 0 amide bonds. The van der Waals surface area contributed by atoms with Crippen LogP contribution in [0.1, 0.15) is 11.1 Å². The Kier molecular flexibility index (Phi) is 3.89. The van der Waals surface area contributed by atoms with Crippen LogP contribution in [0.2, 0.25) is 0 Å². The second kappa shape index (κ2) is 6.00. The van der Waals surface area contributed by atoms with Gasteiger partial charge in [-0.3, -0.25) is 4.79 Å². The van der Waals surface area contributed by atoms with E-state index in [1.54, 1.807) is 18.2 Å². The van der Waals surface area contributed by atoms with Gasteiger partial charge < -0.3 is 5.73 Å².